The zero-order valence-corrected chi connectivity index (χ0v) is 7.53. The molecule has 1 aliphatic rings. The maximum Gasteiger partial charge on any atom is 0.0594 e. The Morgan fingerprint density at radius 2 is 1.80 bits per heavy atom. The SMILES string of the molecule is CC(C)(S)N1CCOCC1. The van der Waals surface area contributed by atoms with Crippen molar-refractivity contribution in [2.24, 2.45) is 0 Å². The first-order valence-electron chi connectivity index (χ1n) is 3.66. The monoisotopic (exact) mass is 161 g/mol. The van der Waals surface area contributed by atoms with E-state index in [1.807, 2.05) is 0 Å². The molecule has 1 fully saturated rings. The molecule has 0 spiro atoms. The molecule has 0 aromatic rings. The first-order chi connectivity index (χ1) is 4.61. The van der Waals surface area contributed by atoms with Gasteiger partial charge in [0.1, 0.15) is 0 Å². The van der Waals surface area contributed by atoms with Gasteiger partial charge >= 0.3 is 0 Å². The Morgan fingerprint density at radius 1 is 1.30 bits per heavy atom. The molecule has 0 atom stereocenters. The van der Waals surface area contributed by atoms with E-state index in [4.69, 9.17) is 4.74 Å². The van der Waals surface area contributed by atoms with Gasteiger partial charge in [-0.25, -0.2) is 0 Å². The van der Waals surface area contributed by atoms with Gasteiger partial charge in [0.2, 0.25) is 0 Å². The van der Waals surface area contributed by atoms with Crippen LogP contribution in [0.2, 0.25) is 0 Å². The first-order valence-corrected chi connectivity index (χ1v) is 4.10. The lowest BCUT2D eigenvalue weighted by molar-refractivity contribution is 0.0164. The summed E-state index contributed by atoms with van der Waals surface area (Å²) in [5, 5.41) is 0. The Labute approximate surface area is 68.0 Å². The summed E-state index contributed by atoms with van der Waals surface area (Å²) in [6, 6.07) is 0. The fraction of sp³-hybridized carbons (Fsp3) is 1.00. The van der Waals surface area contributed by atoms with Crippen LogP contribution in [0, 0.1) is 0 Å². The molecule has 0 radical (unpaired) electrons. The molecule has 0 unspecified atom stereocenters. The van der Waals surface area contributed by atoms with Crippen LogP contribution in [0.15, 0.2) is 0 Å². The second-order valence-electron chi connectivity index (χ2n) is 3.09. The second-order valence-corrected chi connectivity index (χ2v) is 4.19. The molecule has 0 aliphatic carbocycles. The number of hydrogen-bond donors (Lipinski definition) is 1. The summed E-state index contributed by atoms with van der Waals surface area (Å²) in [5.41, 5.74) is 0. The van der Waals surface area contributed by atoms with E-state index < -0.39 is 0 Å². The highest BCUT2D eigenvalue weighted by atomic mass is 32.1. The minimum Gasteiger partial charge on any atom is -0.379 e. The molecular formula is C7H15NOS. The molecule has 0 aromatic carbocycles. The molecule has 0 aromatic heterocycles. The second kappa shape index (κ2) is 3.11. The van der Waals surface area contributed by atoms with E-state index in [1.54, 1.807) is 0 Å². The van der Waals surface area contributed by atoms with Crippen LogP contribution in [-0.2, 0) is 4.74 Å². The standard InChI is InChI=1S/C7H15NOS/c1-7(2,10)8-3-5-9-6-4-8/h10H,3-6H2,1-2H3. The van der Waals surface area contributed by atoms with Crippen molar-refractivity contribution in [1.29, 1.82) is 0 Å². The highest BCUT2D eigenvalue weighted by Gasteiger charge is 2.23. The molecule has 1 saturated heterocycles. The Balaban J connectivity index is 2.39. The summed E-state index contributed by atoms with van der Waals surface area (Å²) in [4.78, 5) is 2.34. The lowest BCUT2D eigenvalue weighted by Crippen LogP contribution is -2.46. The summed E-state index contributed by atoms with van der Waals surface area (Å²) >= 11 is 4.47. The van der Waals surface area contributed by atoms with Gasteiger partial charge in [0.25, 0.3) is 0 Å². The topological polar surface area (TPSA) is 12.5 Å². The van der Waals surface area contributed by atoms with Crippen molar-refractivity contribution < 1.29 is 4.74 Å². The molecule has 0 saturated carbocycles. The summed E-state index contributed by atoms with van der Waals surface area (Å²) in [5.74, 6) is 0. The van der Waals surface area contributed by atoms with Gasteiger partial charge in [-0.2, -0.15) is 12.6 Å². The lowest BCUT2D eigenvalue weighted by Gasteiger charge is -2.37. The molecular weight excluding hydrogens is 146 g/mol. The van der Waals surface area contributed by atoms with E-state index in [9.17, 15) is 0 Å². The molecule has 1 rings (SSSR count). The molecule has 1 aliphatic heterocycles. The summed E-state index contributed by atoms with van der Waals surface area (Å²) < 4.78 is 5.22. The normalized spacial score (nSPS) is 23.1. The Hall–Kier alpha value is 0.270. The van der Waals surface area contributed by atoms with Crippen molar-refractivity contribution in [3.63, 3.8) is 0 Å². The third-order valence-corrected chi connectivity index (χ3v) is 2.07. The molecule has 2 nitrogen and oxygen atoms in total. The van der Waals surface area contributed by atoms with Gasteiger partial charge in [0.15, 0.2) is 0 Å². The van der Waals surface area contributed by atoms with Gasteiger partial charge in [-0.05, 0) is 13.8 Å². The Morgan fingerprint density at radius 3 is 2.10 bits per heavy atom. The minimum absolute atomic E-state index is 0.0176. The van der Waals surface area contributed by atoms with Gasteiger partial charge in [-0.15, -0.1) is 0 Å². The fourth-order valence-electron chi connectivity index (χ4n) is 1.11. The van der Waals surface area contributed by atoms with Crippen LogP contribution in [0.3, 0.4) is 0 Å². The molecule has 3 heteroatoms. The largest absolute Gasteiger partial charge is 0.379 e. The molecule has 60 valence electrons. The number of rotatable bonds is 1. The van der Waals surface area contributed by atoms with Crippen molar-refractivity contribution in [2.75, 3.05) is 26.3 Å². The zero-order valence-electron chi connectivity index (χ0n) is 6.63. The molecule has 10 heavy (non-hydrogen) atoms. The first kappa shape index (κ1) is 8.37. The van der Waals surface area contributed by atoms with E-state index in [2.05, 4.69) is 31.4 Å². The van der Waals surface area contributed by atoms with E-state index in [1.165, 1.54) is 0 Å². The zero-order chi connectivity index (χ0) is 7.61. The lowest BCUT2D eigenvalue weighted by atomic mass is 10.3. The van der Waals surface area contributed by atoms with Crippen molar-refractivity contribution >= 4 is 12.6 Å². The summed E-state index contributed by atoms with van der Waals surface area (Å²) in [6.07, 6.45) is 0. The van der Waals surface area contributed by atoms with Crippen LogP contribution < -0.4 is 0 Å². The Bertz CT molecular complexity index is 105. The number of nitrogens with zero attached hydrogens (tertiary/aromatic N) is 1. The molecule has 0 bridgehead atoms. The molecule has 0 amide bonds. The van der Waals surface area contributed by atoms with Crippen LogP contribution in [0.1, 0.15) is 13.8 Å². The van der Waals surface area contributed by atoms with Crippen molar-refractivity contribution in [3.05, 3.63) is 0 Å². The summed E-state index contributed by atoms with van der Waals surface area (Å²) in [7, 11) is 0. The third kappa shape index (κ3) is 2.15. The van der Waals surface area contributed by atoms with Gasteiger partial charge in [0.05, 0.1) is 18.1 Å². The van der Waals surface area contributed by atoms with Gasteiger partial charge in [-0.1, -0.05) is 0 Å². The van der Waals surface area contributed by atoms with E-state index in [0.717, 1.165) is 26.3 Å². The Kier molecular flexibility index (Phi) is 2.61. The number of morpholine rings is 1. The average molecular weight is 161 g/mol. The van der Waals surface area contributed by atoms with Crippen molar-refractivity contribution in [3.8, 4) is 0 Å². The quantitative estimate of drug-likeness (QED) is 0.576. The van der Waals surface area contributed by atoms with Crippen LogP contribution in [0.5, 0.6) is 0 Å². The predicted octanol–water partition coefficient (Wildman–Crippen LogP) is 0.985. The van der Waals surface area contributed by atoms with Gasteiger partial charge in [-0.3, -0.25) is 4.90 Å². The highest BCUT2D eigenvalue weighted by Crippen LogP contribution is 2.19. The molecule has 1 heterocycles. The van der Waals surface area contributed by atoms with E-state index in [-0.39, 0.29) is 4.87 Å². The fourth-order valence-corrected chi connectivity index (χ4v) is 1.31. The highest BCUT2D eigenvalue weighted by molar-refractivity contribution is 7.81. The number of ether oxygens (including phenoxy) is 1. The maximum atomic E-state index is 5.22. The minimum atomic E-state index is 0.0176. The van der Waals surface area contributed by atoms with Gasteiger partial charge < -0.3 is 4.74 Å². The van der Waals surface area contributed by atoms with E-state index >= 15 is 0 Å². The van der Waals surface area contributed by atoms with E-state index in [0.29, 0.717) is 0 Å². The average Bonchev–Trinajstić information content (AvgIpc) is 1.88. The smallest absolute Gasteiger partial charge is 0.0594 e. The van der Waals surface area contributed by atoms with Crippen LogP contribution in [-0.4, -0.2) is 36.1 Å². The van der Waals surface area contributed by atoms with Crippen LogP contribution in [0.25, 0.3) is 0 Å². The predicted molar refractivity (Wildman–Crippen MR) is 45.5 cm³/mol. The number of hydrogen-bond acceptors (Lipinski definition) is 3. The molecule has 0 N–H and O–H groups in total. The third-order valence-electron chi connectivity index (χ3n) is 1.78. The van der Waals surface area contributed by atoms with Gasteiger partial charge in [0, 0.05) is 13.1 Å². The van der Waals surface area contributed by atoms with Crippen LogP contribution >= 0.6 is 12.6 Å². The summed E-state index contributed by atoms with van der Waals surface area (Å²) in [6.45, 7) is 7.95. The van der Waals surface area contributed by atoms with Crippen LogP contribution in [0.4, 0.5) is 0 Å². The van der Waals surface area contributed by atoms with Crippen molar-refractivity contribution in [2.45, 2.75) is 18.7 Å². The maximum absolute atomic E-state index is 5.22. The van der Waals surface area contributed by atoms with Crippen molar-refractivity contribution in [1.82, 2.24) is 4.90 Å². The number of thiol groups is 1.